The molecule has 0 aromatic carbocycles. The van der Waals surface area contributed by atoms with Gasteiger partial charge in [-0.3, -0.25) is 4.79 Å². The molecule has 2 aliphatic rings. The molecule has 0 radical (unpaired) electrons. The Labute approximate surface area is 108 Å². The molecule has 1 amide bonds. The summed E-state index contributed by atoms with van der Waals surface area (Å²) >= 11 is 0. The maximum Gasteiger partial charge on any atom is 0.223 e. The summed E-state index contributed by atoms with van der Waals surface area (Å²) in [5, 5.41) is 13.0. The number of rotatable bonds is 4. The van der Waals surface area contributed by atoms with Crippen LogP contribution in [-0.2, 0) is 9.53 Å². The monoisotopic (exact) mass is 256 g/mol. The fourth-order valence-electron chi connectivity index (χ4n) is 2.95. The molecule has 2 rings (SSSR count). The van der Waals surface area contributed by atoms with Gasteiger partial charge in [0, 0.05) is 25.5 Å². The third-order valence-corrected chi connectivity index (χ3v) is 4.22. The second-order valence-corrected chi connectivity index (χ2v) is 5.63. The molecule has 0 spiro atoms. The van der Waals surface area contributed by atoms with Crippen LogP contribution < -0.4 is 11.1 Å². The van der Waals surface area contributed by atoms with Gasteiger partial charge in [0.05, 0.1) is 6.61 Å². The molecule has 1 saturated carbocycles. The SMILES string of the molecule is NCC1CCCCC1C(=O)NCC1(O)CCOC1. The number of hydrogen-bond donors (Lipinski definition) is 3. The van der Waals surface area contributed by atoms with E-state index in [2.05, 4.69) is 5.32 Å². The maximum atomic E-state index is 12.1. The Morgan fingerprint density at radius 1 is 1.44 bits per heavy atom. The molecule has 1 aliphatic heterocycles. The van der Waals surface area contributed by atoms with Crippen LogP contribution in [0, 0.1) is 11.8 Å². The van der Waals surface area contributed by atoms with E-state index >= 15 is 0 Å². The second-order valence-electron chi connectivity index (χ2n) is 5.63. The van der Waals surface area contributed by atoms with Crippen LogP contribution in [0.2, 0.25) is 0 Å². The highest BCUT2D eigenvalue weighted by molar-refractivity contribution is 5.79. The van der Waals surface area contributed by atoms with Crippen molar-refractivity contribution in [3.63, 3.8) is 0 Å². The van der Waals surface area contributed by atoms with Crippen molar-refractivity contribution in [1.29, 1.82) is 0 Å². The van der Waals surface area contributed by atoms with Crippen molar-refractivity contribution < 1.29 is 14.6 Å². The highest BCUT2D eigenvalue weighted by Crippen LogP contribution is 2.29. The molecular weight excluding hydrogens is 232 g/mol. The third kappa shape index (κ3) is 3.22. The van der Waals surface area contributed by atoms with Crippen molar-refractivity contribution in [2.75, 3.05) is 26.3 Å². The molecule has 18 heavy (non-hydrogen) atoms. The zero-order valence-corrected chi connectivity index (χ0v) is 10.9. The van der Waals surface area contributed by atoms with Crippen molar-refractivity contribution >= 4 is 5.91 Å². The van der Waals surface area contributed by atoms with Crippen LogP contribution in [0.1, 0.15) is 32.1 Å². The molecule has 5 nitrogen and oxygen atoms in total. The van der Waals surface area contributed by atoms with Gasteiger partial charge in [-0.15, -0.1) is 0 Å². The first-order chi connectivity index (χ1) is 8.64. The summed E-state index contributed by atoms with van der Waals surface area (Å²) in [6, 6.07) is 0. The predicted octanol–water partition coefficient (Wildman–Crippen LogP) is 0.0191. The van der Waals surface area contributed by atoms with Crippen molar-refractivity contribution in [2.45, 2.75) is 37.7 Å². The van der Waals surface area contributed by atoms with Gasteiger partial charge in [0.2, 0.25) is 5.91 Å². The number of ether oxygens (including phenoxy) is 1. The molecule has 1 heterocycles. The van der Waals surface area contributed by atoms with Crippen LogP contribution in [0.15, 0.2) is 0 Å². The standard InChI is InChI=1S/C13H24N2O3/c14-7-10-3-1-2-4-11(10)12(16)15-8-13(17)5-6-18-9-13/h10-11,17H,1-9,14H2,(H,15,16). The van der Waals surface area contributed by atoms with Gasteiger partial charge in [-0.2, -0.15) is 0 Å². The Kier molecular flexibility index (Phi) is 4.59. The van der Waals surface area contributed by atoms with Crippen LogP contribution in [-0.4, -0.2) is 42.9 Å². The number of carbonyl (C=O) groups is 1. The van der Waals surface area contributed by atoms with E-state index in [9.17, 15) is 9.90 Å². The van der Waals surface area contributed by atoms with Gasteiger partial charge in [-0.1, -0.05) is 12.8 Å². The molecule has 0 bridgehead atoms. The minimum Gasteiger partial charge on any atom is -0.386 e. The van der Waals surface area contributed by atoms with Crippen LogP contribution in [0.3, 0.4) is 0 Å². The molecule has 104 valence electrons. The van der Waals surface area contributed by atoms with E-state index in [1.165, 1.54) is 6.42 Å². The summed E-state index contributed by atoms with van der Waals surface area (Å²) in [4.78, 5) is 12.1. The van der Waals surface area contributed by atoms with E-state index in [0.717, 1.165) is 19.3 Å². The van der Waals surface area contributed by atoms with Crippen molar-refractivity contribution in [2.24, 2.45) is 17.6 Å². The van der Waals surface area contributed by atoms with E-state index in [1.807, 2.05) is 0 Å². The van der Waals surface area contributed by atoms with Gasteiger partial charge in [-0.05, 0) is 25.3 Å². The summed E-state index contributed by atoms with van der Waals surface area (Å²) in [5.41, 5.74) is 4.85. The largest absolute Gasteiger partial charge is 0.386 e. The first-order valence-corrected chi connectivity index (χ1v) is 6.92. The molecule has 3 atom stereocenters. The van der Waals surface area contributed by atoms with Gasteiger partial charge in [0.1, 0.15) is 5.60 Å². The van der Waals surface area contributed by atoms with E-state index in [0.29, 0.717) is 38.6 Å². The van der Waals surface area contributed by atoms with Gasteiger partial charge in [-0.25, -0.2) is 0 Å². The molecule has 2 fully saturated rings. The fourth-order valence-corrected chi connectivity index (χ4v) is 2.95. The molecule has 0 aromatic rings. The lowest BCUT2D eigenvalue weighted by Crippen LogP contribution is -2.47. The Balaban J connectivity index is 1.82. The van der Waals surface area contributed by atoms with Crippen LogP contribution in [0.25, 0.3) is 0 Å². The normalized spacial score (nSPS) is 36.6. The zero-order chi connectivity index (χ0) is 13.0. The molecule has 0 aromatic heterocycles. The number of carbonyl (C=O) groups excluding carboxylic acids is 1. The van der Waals surface area contributed by atoms with E-state index in [4.69, 9.17) is 10.5 Å². The zero-order valence-electron chi connectivity index (χ0n) is 10.9. The summed E-state index contributed by atoms with van der Waals surface area (Å²) in [7, 11) is 0. The van der Waals surface area contributed by atoms with E-state index in [1.54, 1.807) is 0 Å². The first-order valence-electron chi connectivity index (χ1n) is 6.92. The Hall–Kier alpha value is -0.650. The average molecular weight is 256 g/mol. The van der Waals surface area contributed by atoms with Crippen LogP contribution in [0.4, 0.5) is 0 Å². The summed E-state index contributed by atoms with van der Waals surface area (Å²) < 4.78 is 5.16. The number of nitrogens with two attached hydrogens (primary N) is 1. The number of aliphatic hydroxyl groups is 1. The van der Waals surface area contributed by atoms with Gasteiger partial charge in [0.25, 0.3) is 0 Å². The molecule has 1 saturated heterocycles. The van der Waals surface area contributed by atoms with Gasteiger partial charge >= 0.3 is 0 Å². The van der Waals surface area contributed by atoms with Crippen LogP contribution in [0.5, 0.6) is 0 Å². The Morgan fingerprint density at radius 2 is 2.22 bits per heavy atom. The lowest BCUT2D eigenvalue weighted by atomic mass is 9.78. The second kappa shape index (κ2) is 5.99. The van der Waals surface area contributed by atoms with Crippen LogP contribution >= 0.6 is 0 Å². The quantitative estimate of drug-likeness (QED) is 0.662. The van der Waals surface area contributed by atoms with Crippen molar-refractivity contribution in [3.8, 4) is 0 Å². The predicted molar refractivity (Wildman–Crippen MR) is 67.9 cm³/mol. The smallest absolute Gasteiger partial charge is 0.223 e. The molecule has 1 aliphatic carbocycles. The maximum absolute atomic E-state index is 12.1. The average Bonchev–Trinajstić information content (AvgIpc) is 2.83. The molecular formula is C13H24N2O3. The lowest BCUT2D eigenvalue weighted by Gasteiger charge is -2.30. The highest BCUT2D eigenvalue weighted by atomic mass is 16.5. The van der Waals surface area contributed by atoms with Crippen molar-refractivity contribution in [3.05, 3.63) is 0 Å². The minimum atomic E-state index is -0.872. The van der Waals surface area contributed by atoms with Gasteiger partial charge in [0.15, 0.2) is 0 Å². The minimum absolute atomic E-state index is 0.0228. The number of amides is 1. The van der Waals surface area contributed by atoms with Crippen molar-refractivity contribution in [1.82, 2.24) is 5.32 Å². The molecule has 4 N–H and O–H groups in total. The van der Waals surface area contributed by atoms with Gasteiger partial charge < -0.3 is 20.9 Å². The summed E-state index contributed by atoms with van der Waals surface area (Å²) in [6.07, 6.45) is 4.83. The topological polar surface area (TPSA) is 84.6 Å². The van der Waals surface area contributed by atoms with E-state index < -0.39 is 5.60 Å². The number of hydrogen-bond acceptors (Lipinski definition) is 4. The Bertz CT molecular complexity index is 290. The molecule has 5 heteroatoms. The summed E-state index contributed by atoms with van der Waals surface area (Å²) in [5.74, 6) is 0.369. The highest BCUT2D eigenvalue weighted by Gasteiger charge is 2.35. The third-order valence-electron chi connectivity index (χ3n) is 4.22. The Morgan fingerprint density at radius 3 is 2.89 bits per heavy atom. The lowest BCUT2D eigenvalue weighted by molar-refractivity contribution is -0.128. The fraction of sp³-hybridized carbons (Fsp3) is 0.923. The first kappa shape index (κ1) is 13.8. The summed E-state index contributed by atoms with van der Waals surface area (Å²) in [6.45, 7) is 1.75. The van der Waals surface area contributed by atoms with E-state index in [-0.39, 0.29) is 11.8 Å². The molecule has 3 unspecified atom stereocenters. The number of nitrogens with one attached hydrogen (secondary N) is 1.